The number of fused-ring (bicyclic) bond motifs is 6. The largest absolute Gasteiger partial charge is 0.508 e. The number of carbonyl (C=O) groups is 8. The van der Waals surface area contributed by atoms with Gasteiger partial charge in [0.2, 0.25) is 5.24 Å². The molecule has 16 atom stereocenters. The maximum Gasteiger partial charge on any atom is 0.508 e. The van der Waals surface area contributed by atoms with Gasteiger partial charge in [0.25, 0.3) is 0 Å². The fraction of sp³-hybridized carbons (Fsp3) is 0.524. The van der Waals surface area contributed by atoms with Gasteiger partial charge >= 0.3 is 42.2 Å². The molecule has 1 saturated heterocycles. The summed E-state index contributed by atoms with van der Waals surface area (Å²) >= 11 is 4.81. The van der Waals surface area contributed by atoms with Gasteiger partial charge in [-0.05, 0) is 274 Å². The van der Waals surface area contributed by atoms with Crippen molar-refractivity contribution < 1.29 is 124 Å². The highest BCUT2D eigenvalue weighted by Gasteiger charge is 2.51. The molecule has 7 aromatic rings. The first kappa shape index (κ1) is 104. The molecule has 27 heteroatoms. The first-order chi connectivity index (χ1) is 63.7. The average molecular weight is 1850 g/mol. The lowest BCUT2D eigenvalue weighted by molar-refractivity contribution is -0.190. The molecule has 6 aliphatic carbocycles. The molecular formula is C105H133ClO26. The number of ether oxygens (including phenoxy) is 16. The predicted molar refractivity (Wildman–Crippen MR) is 492 cm³/mol. The van der Waals surface area contributed by atoms with Gasteiger partial charge in [-0.15, -0.1) is 0 Å². The molecule has 716 valence electrons. The average Bonchev–Trinajstić information content (AvgIpc) is 1.62. The monoisotopic (exact) mass is 1840 g/mol. The van der Waals surface area contributed by atoms with Crippen molar-refractivity contribution in [2.75, 3.05) is 67.6 Å². The van der Waals surface area contributed by atoms with Crippen molar-refractivity contribution in [3.8, 4) is 17.2 Å². The van der Waals surface area contributed by atoms with Gasteiger partial charge in [0.1, 0.15) is 87.9 Å². The first-order valence-electron chi connectivity index (χ1n) is 46.2. The lowest BCUT2D eigenvalue weighted by Crippen LogP contribution is -2.31. The van der Waals surface area contributed by atoms with Crippen LogP contribution in [0.4, 0.5) is 9.59 Å². The summed E-state index contributed by atoms with van der Waals surface area (Å²) in [4.78, 5) is 95.3. The highest BCUT2D eigenvalue weighted by atomic mass is 35.5. The van der Waals surface area contributed by atoms with Gasteiger partial charge in [-0.25, -0.2) is 33.6 Å². The number of methoxy groups -OCH3 is 3. The number of carboxylic acids is 1. The third kappa shape index (κ3) is 32.2. The van der Waals surface area contributed by atoms with Crippen LogP contribution >= 0.6 is 11.6 Å². The van der Waals surface area contributed by atoms with Crippen LogP contribution in [0.3, 0.4) is 0 Å². The number of esters is 4. The molecular weight excluding hydrogens is 1710 g/mol. The van der Waals surface area contributed by atoms with Gasteiger partial charge in [-0.1, -0.05) is 186 Å². The van der Waals surface area contributed by atoms with Crippen LogP contribution < -0.4 is 14.2 Å². The smallest absolute Gasteiger partial charge is 0.482 e. The molecule has 132 heavy (non-hydrogen) atoms. The van der Waals surface area contributed by atoms with Crippen LogP contribution in [-0.2, 0) is 155 Å². The second-order valence-electron chi connectivity index (χ2n) is 34.7. The van der Waals surface area contributed by atoms with Crippen molar-refractivity contribution in [1.29, 1.82) is 0 Å². The number of carboxylic acid groups (broad SMARTS) is 1. The molecule has 7 aliphatic rings. The van der Waals surface area contributed by atoms with Gasteiger partial charge in [0.05, 0.1) is 12.2 Å². The van der Waals surface area contributed by atoms with E-state index in [0.717, 1.165) is 172 Å². The maximum atomic E-state index is 13.0. The van der Waals surface area contributed by atoms with E-state index < -0.39 is 35.5 Å². The molecule has 1 aliphatic heterocycles. The van der Waals surface area contributed by atoms with Gasteiger partial charge in [-0.3, -0.25) is 4.79 Å². The number of aliphatic hydroxyl groups excluding tert-OH is 1. The summed E-state index contributed by atoms with van der Waals surface area (Å²) in [5.74, 6) is 1.76. The molecule has 14 rings (SSSR count). The molecule has 1 heterocycles. The minimum Gasteiger partial charge on any atom is -0.482 e. The third-order valence-electron chi connectivity index (χ3n) is 26.1. The Morgan fingerprint density at radius 2 is 0.773 bits per heavy atom. The van der Waals surface area contributed by atoms with Gasteiger partial charge in [-0.2, -0.15) is 0 Å². The molecule has 26 nitrogen and oxygen atoms in total. The van der Waals surface area contributed by atoms with E-state index in [2.05, 4.69) is 29.9 Å². The molecule has 2 N–H and O–H groups in total. The Bertz CT molecular complexity index is 4700. The van der Waals surface area contributed by atoms with Crippen LogP contribution in [0.5, 0.6) is 17.2 Å². The van der Waals surface area contributed by atoms with E-state index in [1.165, 1.54) is 32.5 Å². The SMILES string of the molecule is C.CC[C@@H](CC[C@@H]1[C@H]2Cc3cccc(OCC(=O)O)c3C[C@H]2C[C@H]1O)OC(=O)COC.CC[C@@H](CC[C@@H]1[C@H]2Cc3cccc(OCC(=O)OCc4ccccc4)c3C[C@H]2C[C@H]1OC(=O)OCc1ccccc1)OC(=O)COC.CC[C@@H](CC[C@@H]1[C@H]2Cc3cccc(OCC(=O)OCc4ccccc4)c3C[C@H]2C[C@H]1OC(=O)OCc1ccccc1)OC1CCCCO1.COCC(=O)Cl. The molecule has 4 fully saturated rings. The minimum absolute atomic E-state index is 0. The fourth-order valence-electron chi connectivity index (χ4n) is 19.8. The van der Waals surface area contributed by atoms with Crippen molar-refractivity contribution in [3.63, 3.8) is 0 Å². The first-order valence-corrected chi connectivity index (χ1v) is 46.6. The summed E-state index contributed by atoms with van der Waals surface area (Å²) in [7, 11) is 4.35. The van der Waals surface area contributed by atoms with Crippen LogP contribution in [-0.4, -0.2) is 168 Å². The van der Waals surface area contributed by atoms with Crippen LogP contribution in [0.1, 0.15) is 180 Å². The van der Waals surface area contributed by atoms with Crippen LogP contribution in [0.25, 0.3) is 0 Å². The van der Waals surface area contributed by atoms with E-state index in [9.17, 15) is 43.5 Å². The lowest BCUT2D eigenvalue weighted by Gasteiger charge is -2.33. The Hall–Kier alpha value is -10.5. The van der Waals surface area contributed by atoms with E-state index >= 15 is 0 Å². The highest BCUT2D eigenvalue weighted by molar-refractivity contribution is 6.63. The summed E-state index contributed by atoms with van der Waals surface area (Å²) < 4.78 is 89.1. The number of aliphatic hydroxyl groups is 1. The summed E-state index contributed by atoms with van der Waals surface area (Å²) in [6.07, 6.45) is 14.5. The van der Waals surface area contributed by atoms with Gasteiger partial charge in [0, 0.05) is 27.9 Å². The second kappa shape index (κ2) is 54.7. The van der Waals surface area contributed by atoms with E-state index in [1.807, 2.05) is 172 Å². The molecule has 7 aromatic carbocycles. The topological polar surface area (TPSA) is 325 Å². The zero-order valence-corrected chi connectivity index (χ0v) is 76.9. The highest BCUT2D eigenvalue weighted by Crippen LogP contribution is 2.53. The lowest BCUT2D eigenvalue weighted by atomic mass is 9.73. The zero-order chi connectivity index (χ0) is 92.8. The number of carbonyl (C=O) groups excluding carboxylic acids is 7. The Morgan fingerprint density at radius 3 is 1.13 bits per heavy atom. The maximum absolute atomic E-state index is 13.0. The fourth-order valence-corrected chi connectivity index (χ4v) is 19.9. The molecule has 0 aromatic heterocycles. The summed E-state index contributed by atoms with van der Waals surface area (Å²) in [5, 5.41) is 19.2. The molecule has 0 bridgehead atoms. The van der Waals surface area contributed by atoms with Crippen molar-refractivity contribution in [3.05, 3.63) is 232 Å². The molecule has 3 saturated carbocycles. The Labute approximate surface area is 781 Å². The number of benzene rings is 7. The third-order valence-corrected chi connectivity index (χ3v) is 26.2. The molecule has 0 amide bonds. The summed E-state index contributed by atoms with van der Waals surface area (Å²) in [6.45, 7) is 6.82. The van der Waals surface area contributed by atoms with E-state index in [4.69, 9.17) is 87.8 Å². The minimum atomic E-state index is -0.991. The second-order valence-corrected chi connectivity index (χ2v) is 35.2. The van der Waals surface area contributed by atoms with Crippen LogP contribution in [0.2, 0.25) is 0 Å². The molecule has 0 radical (unpaired) electrons. The van der Waals surface area contributed by atoms with Crippen LogP contribution in [0.15, 0.2) is 176 Å². The standard InChI is InChI=1S/C40H48O8.C38H44O9.C23H32O7.C3H5ClO2.CH4/c1-2-32(47-39-18-9-10-21-43-39)19-20-33-34-22-30-16-11-17-36(44-27-38(41)45-25-28-12-5-3-6-13-28)35(30)23-31(34)24-37(33)48-40(42)46-26-29-14-7-4-8-15-29;1-3-30(46-37(40)24-42-2)17-18-31-32-19-28-15-10-16-34(43-25-36(39)44-22-26-11-6-4-7-12-26)33(28)20-29(32)21-35(31)47-38(41)45-23-27-13-8-5-9-14-27;1-3-16(30-23(27)13-28-2)7-8-17-18-9-14-5-4-6-21(29-12-22(25)26)19(14)10-15(18)11-20(17)24;1-6-2-3(4)5;/h3-8,11-17,31-34,37,39H,2,9-10,18-27H2,1H3;4-16,29-32,35H,3,17-25H2,1-2H3;4-6,15-18,20,24H,3,7-13H2,1-2H3,(H,25,26);2H2,1H3;1H4/t31-,32-,33+,34-,37+,39?;29-,30-,31+,32-,35+;15-,16-,17+,18-,20+;;/m000../s1. The van der Waals surface area contributed by atoms with Crippen molar-refractivity contribution in [1.82, 2.24) is 0 Å². The Balaban J connectivity index is 0.000000203. The van der Waals surface area contributed by atoms with E-state index in [1.54, 1.807) is 0 Å². The quantitative estimate of drug-likeness (QED) is 0.0204. The van der Waals surface area contributed by atoms with Crippen molar-refractivity contribution in [2.24, 2.45) is 53.3 Å². The van der Waals surface area contributed by atoms with Crippen molar-refractivity contribution in [2.45, 2.75) is 232 Å². The van der Waals surface area contributed by atoms with E-state index in [-0.39, 0.29) is 158 Å². The number of hydrogen-bond donors (Lipinski definition) is 2. The van der Waals surface area contributed by atoms with Gasteiger partial charge in [0.15, 0.2) is 26.1 Å². The summed E-state index contributed by atoms with van der Waals surface area (Å²) in [5.41, 5.74) is 10.5. The normalized spacial score (nSPS) is 22.1. The number of hydrogen-bond acceptors (Lipinski definition) is 25. The summed E-state index contributed by atoms with van der Waals surface area (Å²) in [6, 6.07) is 56.1. The van der Waals surface area contributed by atoms with E-state index in [0.29, 0.717) is 54.4 Å². The Morgan fingerprint density at radius 1 is 0.409 bits per heavy atom. The van der Waals surface area contributed by atoms with Crippen LogP contribution in [0, 0.1) is 53.3 Å². The number of aliphatic carboxylic acids is 1. The van der Waals surface area contributed by atoms with Crippen molar-refractivity contribution >= 4 is 59.0 Å². The molecule has 0 spiro atoms. The predicted octanol–water partition coefficient (Wildman–Crippen LogP) is 18.3. The van der Waals surface area contributed by atoms with Gasteiger partial charge < -0.3 is 86.0 Å². The Kier molecular flexibility index (Phi) is 42.9. The number of halogens is 1. The number of rotatable bonds is 41. The zero-order valence-electron chi connectivity index (χ0n) is 76.2. The molecule has 1 unspecified atom stereocenters.